The third-order valence-electron chi connectivity index (χ3n) is 2.80. The average molecular weight is 275 g/mol. The molecule has 0 aliphatic carbocycles. The Morgan fingerprint density at radius 3 is 2.44 bits per heavy atom. The highest BCUT2D eigenvalue weighted by molar-refractivity contribution is 5.85. The fourth-order valence-electron chi connectivity index (χ4n) is 1.54. The molecule has 0 heterocycles. The summed E-state index contributed by atoms with van der Waals surface area (Å²) >= 11 is 0. The molecule has 2 N–H and O–H groups in total. The van der Waals surface area contributed by atoms with Gasteiger partial charge in [0.15, 0.2) is 0 Å². The van der Waals surface area contributed by atoms with Crippen molar-refractivity contribution in [1.82, 2.24) is 4.90 Å². The van der Waals surface area contributed by atoms with Gasteiger partial charge in [-0.25, -0.2) is 4.39 Å². The van der Waals surface area contributed by atoms with Crippen LogP contribution in [-0.2, 0) is 11.2 Å². The lowest BCUT2D eigenvalue weighted by Gasteiger charge is -2.20. The maximum atomic E-state index is 12.7. The first-order chi connectivity index (χ1) is 8.04. The standard InChI is InChI=1S/C13H19FN2O.ClH/c1-10(9-15)13(17)16(2)8-7-11-3-5-12(14)6-4-11;/h3-6,10H,7-9,15H2,1-2H3;1H. The van der Waals surface area contributed by atoms with Crippen molar-refractivity contribution < 1.29 is 9.18 Å². The molecule has 1 rings (SSSR count). The number of benzene rings is 1. The summed E-state index contributed by atoms with van der Waals surface area (Å²) in [6, 6.07) is 6.33. The van der Waals surface area contributed by atoms with Crippen LogP contribution in [0.25, 0.3) is 0 Å². The zero-order valence-electron chi connectivity index (χ0n) is 10.7. The number of nitrogens with two attached hydrogens (primary N) is 1. The first-order valence-electron chi connectivity index (χ1n) is 5.74. The topological polar surface area (TPSA) is 46.3 Å². The van der Waals surface area contributed by atoms with Crippen LogP contribution in [0.5, 0.6) is 0 Å². The molecule has 102 valence electrons. The van der Waals surface area contributed by atoms with Crippen LogP contribution in [0.3, 0.4) is 0 Å². The number of likely N-dealkylation sites (N-methyl/N-ethyl adjacent to an activating group) is 1. The number of amides is 1. The van der Waals surface area contributed by atoms with Gasteiger partial charge in [-0.15, -0.1) is 12.4 Å². The van der Waals surface area contributed by atoms with Gasteiger partial charge in [-0.2, -0.15) is 0 Å². The Kier molecular flexibility index (Phi) is 7.55. The van der Waals surface area contributed by atoms with Crippen LogP contribution in [0, 0.1) is 11.7 Å². The van der Waals surface area contributed by atoms with E-state index in [1.807, 2.05) is 6.92 Å². The van der Waals surface area contributed by atoms with E-state index >= 15 is 0 Å². The molecular weight excluding hydrogens is 255 g/mol. The van der Waals surface area contributed by atoms with E-state index in [2.05, 4.69) is 0 Å². The molecule has 1 aromatic carbocycles. The molecule has 0 fully saturated rings. The number of nitrogens with zero attached hydrogens (tertiary/aromatic N) is 1. The molecular formula is C13H20ClFN2O. The van der Waals surface area contributed by atoms with Crippen LogP contribution in [0.2, 0.25) is 0 Å². The lowest BCUT2D eigenvalue weighted by molar-refractivity contribution is -0.133. The smallest absolute Gasteiger partial charge is 0.226 e. The third kappa shape index (κ3) is 5.02. The van der Waals surface area contributed by atoms with Gasteiger partial charge in [0, 0.05) is 26.1 Å². The van der Waals surface area contributed by atoms with Crippen molar-refractivity contribution in [2.45, 2.75) is 13.3 Å². The van der Waals surface area contributed by atoms with Crippen molar-refractivity contribution in [2.24, 2.45) is 11.7 Å². The second-order valence-corrected chi connectivity index (χ2v) is 4.27. The van der Waals surface area contributed by atoms with E-state index in [0.717, 1.165) is 12.0 Å². The van der Waals surface area contributed by atoms with E-state index in [1.54, 1.807) is 24.1 Å². The quantitative estimate of drug-likeness (QED) is 0.891. The van der Waals surface area contributed by atoms with Crippen LogP contribution >= 0.6 is 12.4 Å². The Morgan fingerprint density at radius 1 is 1.39 bits per heavy atom. The predicted molar refractivity (Wildman–Crippen MR) is 73.2 cm³/mol. The van der Waals surface area contributed by atoms with E-state index in [0.29, 0.717) is 13.1 Å². The molecule has 0 radical (unpaired) electrons. The van der Waals surface area contributed by atoms with Gasteiger partial charge in [0.25, 0.3) is 0 Å². The van der Waals surface area contributed by atoms with Crippen molar-refractivity contribution in [3.05, 3.63) is 35.6 Å². The normalized spacial score (nSPS) is 11.6. The Balaban J connectivity index is 0.00000289. The molecule has 0 aliphatic rings. The fourth-order valence-corrected chi connectivity index (χ4v) is 1.54. The van der Waals surface area contributed by atoms with Crippen LogP contribution < -0.4 is 5.73 Å². The first kappa shape index (κ1) is 16.9. The molecule has 5 heteroatoms. The lowest BCUT2D eigenvalue weighted by atomic mass is 10.1. The van der Waals surface area contributed by atoms with Crippen LogP contribution in [0.15, 0.2) is 24.3 Å². The molecule has 1 unspecified atom stereocenters. The van der Waals surface area contributed by atoms with E-state index < -0.39 is 0 Å². The summed E-state index contributed by atoms with van der Waals surface area (Å²) in [7, 11) is 1.76. The summed E-state index contributed by atoms with van der Waals surface area (Å²) in [5.74, 6) is -0.335. The van der Waals surface area contributed by atoms with E-state index in [9.17, 15) is 9.18 Å². The summed E-state index contributed by atoms with van der Waals surface area (Å²) in [6.07, 6.45) is 0.722. The summed E-state index contributed by atoms with van der Waals surface area (Å²) in [4.78, 5) is 13.4. The van der Waals surface area contributed by atoms with Gasteiger partial charge in [0.05, 0.1) is 0 Å². The zero-order chi connectivity index (χ0) is 12.8. The molecule has 1 aromatic rings. The Morgan fingerprint density at radius 2 is 1.94 bits per heavy atom. The number of carbonyl (C=O) groups excluding carboxylic acids is 1. The molecule has 0 spiro atoms. The van der Waals surface area contributed by atoms with Crippen molar-refractivity contribution in [3.63, 3.8) is 0 Å². The number of hydrogen-bond donors (Lipinski definition) is 1. The summed E-state index contributed by atoms with van der Waals surface area (Å²) in [6.45, 7) is 2.80. The largest absolute Gasteiger partial charge is 0.345 e. The zero-order valence-corrected chi connectivity index (χ0v) is 11.5. The van der Waals surface area contributed by atoms with Gasteiger partial charge in [0.2, 0.25) is 5.91 Å². The molecule has 1 amide bonds. The monoisotopic (exact) mass is 274 g/mol. The van der Waals surface area contributed by atoms with Gasteiger partial charge in [-0.3, -0.25) is 4.79 Å². The van der Waals surface area contributed by atoms with Crippen molar-refractivity contribution in [3.8, 4) is 0 Å². The minimum atomic E-state index is -0.241. The average Bonchev–Trinajstić information content (AvgIpc) is 2.35. The molecule has 0 aromatic heterocycles. The van der Waals surface area contributed by atoms with Gasteiger partial charge >= 0.3 is 0 Å². The van der Waals surface area contributed by atoms with Gasteiger partial charge in [-0.1, -0.05) is 19.1 Å². The third-order valence-corrected chi connectivity index (χ3v) is 2.80. The maximum absolute atomic E-state index is 12.7. The Hall–Kier alpha value is -1.13. The maximum Gasteiger partial charge on any atom is 0.226 e. The van der Waals surface area contributed by atoms with E-state index in [4.69, 9.17) is 5.73 Å². The van der Waals surface area contributed by atoms with E-state index in [-0.39, 0.29) is 30.0 Å². The number of halogens is 2. The van der Waals surface area contributed by atoms with Gasteiger partial charge in [-0.05, 0) is 24.1 Å². The summed E-state index contributed by atoms with van der Waals surface area (Å²) in [5, 5.41) is 0. The number of carbonyl (C=O) groups is 1. The first-order valence-corrected chi connectivity index (χ1v) is 5.74. The Labute approximate surface area is 114 Å². The van der Waals surface area contributed by atoms with Crippen LogP contribution in [-0.4, -0.2) is 30.9 Å². The van der Waals surface area contributed by atoms with E-state index in [1.165, 1.54) is 12.1 Å². The summed E-state index contributed by atoms with van der Waals surface area (Å²) < 4.78 is 12.7. The molecule has 0 saturated heterocycles. The van der Waals surface area contributed by atoms with Crippen molar-refractivity contribution >= 4 is 18.3 Å². The Bertz CT molecular complexity index is 370. The van der Waals surface area contributed by atoms with Gasteiger partial charge in [0.1, 0.15) is 5.82 Å². The minimum absolute atomic E-state index is 0. The van der Waals surface area contributed by atoms with Crippen LogP contribution in [0.1, 0.15) is 12.5 Å². The molecule has 0 bridgehead atoms. The van der Waals surface area contributed by atoms with Crippen molar-refractivity contribution in [2.75, 3.05) is 20.1 Å². The number of hydrogen-bond acceptors (Lipinski definition) is 2. The number of rotatable bonds is 5. The molecule has 18 heavy (non-hydrogen) atoms. The highest BCUT2D eigenvalue weighted by atomic mass is 35.5. The SMILES string of the molecule is CC(CN)C(=O)N(C)CCc1ccc(F)cc1.Cl. The lowest BCUT2D eigenvalue weighted by Crippen LogP contribution is -2.36. The second-order valence-electron chi connectivity index (χ2n) is 4.27. The highest BCUT2D eigenvalue weighted by Crippen LogP contribution is 2.05. The molecule has 0 saturated carbocycles. The molecule has 1 atom stereocenters. The second kappa shape index (κ2) is 8.06. The summed E-state index contributed by atoms with van der Waals surface area (Å²) in [5.41, 5.74) is 6.47. The molecule has 3 nitrogen and oxygen atoms in total. The highest BCUT2D eigenvalue weighted by Gasteiger charge is 2.15. The van der Waals surface area contributed by atoms with Crippen LogP contribution in [0.4, 0.5) is 4.39 Å². The predicted octanol–water partition coefficient (Wildman–Crippen LogP) is 1.84. The molecule has 0 aliphatic heterocycles. The van der Waals surface area contributed by atoms with Crippen molar-refractivity contribution in [1.29, 1.82) is 0 Å². The fraction of sp³-hybridized carbons (Fsp3) is 0.462. The van der Waals surface area contributed by atoms with Gasteiger partial charge < -0.3 is 10.6 Å². The minimum Gasteiger partial charge on any atom is -0.345 e.